The molecule has 2 aliphatic rings. The van der Waals surface area contributed by atoms with E-state index in [1.165, 1.54) is 33.0 Å². The third-order valence-corrected chi connectivity index (χ3v) is 9.77. The molecule has 46 heavy (non-hydrogen) atoms. The number of hydrogen-bond acceptors (Lipinski definition) is 3. The summed E-state index contributed by atoms with van der Waals surface area (Å²) in [6, 6.07) is 39.1. The van der Waals surface area contributed by atoms with E-state index in [0.29, 0.717) is 11.6 Å². The molecule has 0 aliphatic heterocycles. The number of aromatic amines is 1. The SMILES string of the molecule is CC1(C)c2ccccc2-c2ccc(-c3nc(-c4cccc(-c5ccc6c(c5)[nH]c5ccccc56)c4)nc(C4C=CC=CC4)n3)cc21. The van der Waals surface area contributed by atoms with Gasteiger partial charge in [-0.25, -0.2) is 15.0 Å². The Labute approximate surface area is 268 Å². The van der Waals surface area contributed by atoms with Gasteiger partial charge in [0.25, 0.3) is 0 Å². The molecule has 5 aromatic carbocycles. The zero-order valence-corrected chi connectivity index (χ0v) is 25.8. The number of H-pyrrole nitrogens is 1. The first-order chi connectivity index (χ1) is 22.5. The van der Waals surface area contributed by atoms with Crippen LogP contribution in [0.3, 0.4) is 0 Å². The summed E-state index contributed by atoms with van der Waals surface area (Å²) in [6.07, 6.45) is 9.43. The molecule has 220 valence electrons. The third-order valence-electron chi connectivity index (χ3n) is 9.77. The number of benzene rings is 5. The van der Waals surface area contributed by atoms with Crippen LogP contribution in [-0.2, 0) is 5.41 Å². The number of para-hydroxylation sites is 1. The predicted octanol–water partition coefficient (Wildman–Crippen LogP) is 10.4. The summed E-state index contributed by atoms with van der Waals surface area (Å²) in [5.41, 5.74) is 11.7. The molecular weight excluding hydrogens is 560 g/mol. The number of aromatic nitrogens is 4. The first-order valence-corrected chi connectivity index (χ1v) is 16.0. The summed E-state index contributed by atoms with van der Waals surface area (Å²) in [5, 5.41) is 2.48. The lowest BCUT2D eigenvalue weighted by atomic mass is 9.82. The number of nitrogens with one attached hydrogen (secondary N) is 1. The van der Waals surface area contributed by atoms with Gasteiger partial charge < -0.3 is 4.98 Å². The lowest BCUT2D eigenvalue weighted by Crippen LogP contribution is -2.15. The van der Waals surface area contributed by atoms with E-state index in [9.17, 15) is 0 Å². The van der Waals surface area contributed by atoms with Crippen LogP contribution in [-0.4, -0.2) is 19.9 Å². The number of hydrogen-bond donors (Lipinski definition) is 1. The highest BCUT2D eigenvalue weighted by Gasteiger charge is 2.35. The molecule has 4 nitrogen and oxygen atoms in total. The van der Waals surface area contributed by atoms with Gasteiger partial charge in [-0.2, -0.15) is 0 Å². The fourth-order valence-electron chi connectivity index (χ4n) is 7.30. The Morgan fingerprint density at radius 3 is 2.17 bits per heavy atom. The van der Waals surface area contributed by atoms with Gasteiger partial charge in [0.05, 0.1) is 0 Å². The van der Waals surface area contributed by atoms with Crippen LogP contribution in [0.25, 0.3) is 66.8 Å². The van der Waals surface area contributed by atoms with Gasteiger partial charge >= 0.3 is 0 Å². The monoisotopic (exact) mass is 592 g/mol. The molecule has 0 saturated carbocycles. The molecule has 0 bridgehead atoms. The van der Waals surface area contributed by atoms with E-state index in [1.807, 2.05) is 0 Å². The van der Waals surface area contributed by atoms with Gasteiger partial charge in [-0.05, 0) is 64.1 Å². The Morgan fingerprint density at radius 1 is 0.587 bits per heavy atom. The van der Waals surface area contributed by atoms with Crippen LogP contribution >= 0.6 is 0 Å². The van der Waals surface area contributed by atoms with Crippen molar-refractivity contribution in [1.29, 1.82) is 0 Å². The molecule has 2 heterocycles. The van der Waals surface area contributed by atoms with E-state index in [1.54, 1.807) is 0 Å². The van der Waals surface area contributed by atoms with Crippen molar-refractivity contribution < 1.29 is 0 Å². The Balaban J connectivity index is 1.16. The quantitative estimate of drug-likeness (QED) is 0.221. The highest BCUT2D eigenvalue weighted by atomic mass is 15.0. The fraction of sp³-hybridized carbons (Fsp3) is 0.119. The molecule has 4 heteroatoms. The van der Waals surface area contributed by atoms with Crippen molar-refractivity contribution in [2.45, 2.75) is 31.6 Å². The average molecular weight is 593 g/mol. The lowest BCUT2D eigenvalue weighted by Gasteiger charge is -2.22. The maximum absolute atomic E-state index is 5.13. The summed E-state index contributed by atoms with van der Waals surface area (Å²) < 4.78 is 0. The standard InChI is InChI=1S/C42H32N4/c1-42(2)35-17-8-6-15-31(35)32-21-20-30(24-36(32)42)41-45-39(26-11-4-3-5-12-26)44-40(46-41)29-14-10-13-27(23-29)28-19-22-34-33-16-7-9-18-37(33)43-38(34)25-28/h3-11,13-26,43H,12H2,1-2H3. The molecule has 0 fully saturated rings. The second-order valence-corrected chi connectivity index (χ2v) is 12.9. The van der Waals surface area contributed by atoms with Crippen LogP contribution in [0.2, 0.25) is 0 Å². The average Bonchev–Trinajstić information content (AvgIpc) is 3.60. The smallest absolute Gasteiger partial charge is 0.163 e. The molecule has 2 aliphatic carbocycles. The molecule has 0 saturated heterocycles. The maximum Gasteiger partial charge on any atom is 0.163 e. The minimum absolute atomic E-state index is 0.0993. The first-order valence-electron chi connectivity index (χ1n) is 16.0. The second kappa shape index (κ2) is 10.2. The summed E-state index contributed by atoms with van der Waals surface area (Å²) >= 11 is 0. The zero-order valence-electron chi connectivity index (χ0n) is 25.8. The Morgan fingerprint density at radius 2 is 1.30 bits per heavy atom. The van der Waals surface area contributed by atoms with Crippen LogP contribution in [0.4, 0.5) is 0 Å². The fourth-order valence-corrected chi connectivity index (χ4v) is 7.30. The first kappa shape index (κ1) is 26.8. The molecule has 7 aromatic rings. The molecule has 0 spiro atoms. The van der Waals surface area contributed by atoms with Gasteiger partial charge in [-0.1, -0.05) is 123 Å². The third kappa shape index (κ3) is 4.25. The number of fused-ring (bicyclic) bond motifs is 6. The molecule has 0 amide bonds. The predicted molar refractivity (Wildman–Crippen MR) is 189 cm³/mol. The number of rotatable bonds is 4. The highest BCUT2D eigenvalue weighted by molar-refractivity contribution is 6.08. The molecule has 2 aromatic heterocycles. The van der Waals surface area contributed by atoms with Crippen molar-refractivity contribution in [1.82, 2.24) is 19.9 Å². The van der Waals surface area contributed by atoms with Crippen molar-refractivity contribution in [2.75, 3.05) is 0 Å². The van der Waals surface area contributed by atoms with Gasteiger partial charge in [-0.15, -0.1) is 0 Å². The van der Waals surface area contributed by atoms with E-state index >= 15 is 0 Å². The maximum atomic E-state index is 5.13. The highest BCUT2D eigenvalue weighted by Crippen LogP contribution is 2.49. The minimum Gasteiger partial charge on any atom is -0.354 e. The van der Waals surface area contributed by atoms with Crippen molar-refractivity contribution in [3.63, 3.8) is 0 Å². The summed E-state index contributed by atoms with van der Waals surface area (Å²) in [5.74, 6) is 2.31. The topological polar surface area (TPSA) is 54.5 Å². The van der Waals surface area contributed by atoms with Crippen molar-refractivity contribution in [3.8, 4) is 45.0 Å². The van der Waals surface area contributed by atoms with E-state index in [-0.39, 0.29) is 11.3 Å². The molecule has 1 N–H and O–H groups in total. The molecular formula is C42H32N4. The molecule has 1 atom stereocenters. The van der Waals surface area contributed by atoms with Gasteiger partial charge in [0, 0.05) is 44.3 Å². The second-order valence-electron chi connectivity index (χ2n) is 12.9. The van der Waals surface area contributed by atoms with E-state index in [4.69, 9.17) is 15.0 Å². The van der Waals surface area contributed by atoms with Crippen LogP contribution in [0.5, 0.6) is 0 Å². The van der Waals surface area contributed by atoms with Crippen LogP contribution in [0.1, 0.15) is 43.1 Å². The van der Waals surface area contributed by atoms with Gasteiger partial charge in [0.1, 0.15) is 5.82 Å². The van der Waals surface area contributed by atoms with Crippen molar-refractivity contribution in [2.24, 2.45) is 0 Å². The van der Waals surface area contributed by atoms with E-state index in [2.05, 4.69) is 152 Å². The molecule has 0 radical (unpaired) electrons. The lowest BCUT2D eigenvalue weighted by molar-refractivity contribution is 0.660. The number of nitrogens with zero attached hydrogens (tertiary/aromatic N) is 3. The Kier molecular flexibility index (Phi) is 5.94. The normalized spacial score (nSPS) is 16.2. The Bertz CT molecular complexity index is 2390. The van der Waals surface area contributed by atoms with E-state index < -0.39 is 0 Å². The van der Waals surface area contributed by atoms with Crippen LogP contribution < -0.4 is 0 Å². The summed E-state index contributed by atoms with van der Waals surface area (Å²) in [6.45, 7) is 4.62. The van der Waals surface area contributed by atoms with Crippen LogP contribution in [0, 0.1) is 0 Å². The van der Waals surface area contributed by atoms with Crippen LogP contribution in [0.15, 0.2) is 133 Å². The minimum atomic E-state index is -0.0993. The molecule has 9 rings (SSSR count). The number of allylic oxidation sites excluding steroid dienone is 4. The Hall–Kier alpha value is -5.61. The molecule has 1 unspecified atom stereocenters. The van der Waals surface area contributed by atoms with E-state index in [0.717, 1.165) is 45.5 Å². The van der Waals surface area contributed by atoms with Gasteiger partial charge in [0.2, 0.25) is 0 Å². The van der Waals surface area contributed by atoms with Gasteiger partial charge in [-0.3, -0.25) is 0 Å². The summed E-state index contributed by atoms with van der Waals surface area (Å²) in [7, 11) is 0. The van der Waals surface area contributed by atoms with Gasteiger partial charge in [0.15, 0.2) is 11.6 Å². The van der Waals surface area contributed by atoms with Crippen molar-refractivity contribution >= 4 is 21.8 Å². The van der Waals surface area contributed by atoms with Crippen molar-refractivity contribution in [3.05, 3.63) is 150 Å². The summed E-state index contributed by atoms with van der Waals surface area (Å²) in [4.78, 5) is 18.9. The zero-order chi connectivity index (χ0) is 30.8. The largest absolute Gasteiger partial charge is 0.354 e.